The lowest BCUT2D eigenvalue weighted by Gasteiger charge is -2.36. The zero-order valence-electron chi connectivity index (χ0n) is 21.2. The van der Waals surface area contributed by atoms with Gasteiger partial charge in [0, 0.05) is 13.0 Å². The quantitative estimate of drug-likeness (QED) is 0.365. The van der Waals surface area contributed by atoms with Gasteiger partial charge >= 0.3 is 18.0 Å². The van der Waals surface area contributed by atoms with Crippen LogP contribution >= 0.6 is 0 Å². The van der Waals surface area contributed by atoms with Gasteiger partial charge in [-0.15, -0.1) is 0 Å². The van der Waals surface area contributed by atoms with Gasteiger partial charge in [-0.05, 0) is 50.3 Å². The molecule has 3 N–H and O–H groups in total. The first-order chi connectivity index (χ1) is 16.2. The van der Waals surface area contributed by atoms with Crippen LogP contribution in [0, 0.1) is 5.92 Å². The van der Waals surface area contributed by atoms with Crippen LogP contribution in [0.5, 0.6) is 0 Å². The van der Waals surface area contributed by atoms with E-state index in [0.717, 1.165) is 28.5 Å². The van der Waals surface area contributed by atoms with E-state index < -0.39 is 35.3 Å². The largest absolute Gasteiger partial charge is 0.478 e. The number of benzene rings is 2. The third-order valence-corrected chi connectivity index (χ3v) is 5.21. The standard InChI is InChI=1S/C27H36N2O6/c1-18(2)17-29(27(6,34)24(31)32)25(33)28-22(23(30)35-26(3,4)5)16-19-12-14-21(15-13-19)20-10-8-7-9-11-20/h7-15,18,22,34H,16-17H2,1-6H3,(H,28,33)(H,31,32). The van der Waals surface area contributed by atoms with Crippen molar-refractivity contribution in [3.63, 3.8) is 0 Å². The summed E-state index contributed by atoms with van der Waals surface area (Å²) in [5.41, 5.74) is -0.406. The molecule has 0 saturated carbocycles. The SMILES string of the molecule is CC(C)CN(C(=O)NC(Cc1ccc(-c2ccccc2)cc1)C(=O)OC(C)(C)C)C(C)(O)C(=O)O. The van der Waals surface area contributed by atoms with Crippen molar-refractivity contribution in [2.24, 2.45) is 5.92 Å². The van der Waals surface area contributed by atoms with Gasteiger partial charge < -0.3 is 20.3 Å². The molecule has 8 nitrogen and oxygen atoms in total. The van der Waals surface area contributed by atoms with Gasteiger partial charge in [0.2, 0.25) is 5.72 Å². The molecule has 2 unspecified atom stereocenters. The van der Waals surface area contributed by atoms with Gasteiger partial charge in [-0.1, -0.05) is 68.4 Å². The van der Waals surface area contributed by atoms with Crippen LogP contribution in [-0.2, 0) is 20.7 Å². The number of nitrogens with one attached hydrogen (secondary N) is 1. The first-order valence-electron chi connectivity index (χ1n) is 11.6. The minimum atomic E-state index is -2.45. The highest BCUT2D eigenvalue weighted by Gasteiger charge is 2.42. The summed E-state index contributed by atoms with van der Waals surface area (Å²) in [4.78, 5) is 38.6. The fourth-order valence-corrected chi connectivity index (χ4v) is 3.43. The molecule has 8 heteroatoms. The van der Waals surface area contributed by atoms with E-state index in [-0.39, 0.29) is 18.9 Å². The van der Waals surface area contributed by atoms with Gasteiger partial charge in [-0.2, -0.15) is 0 Å². The number of hydrogen-bond acceptors (Lipinski definition) is 5. The molecule has 0 saturated heterocycles. The first-order valence-corrected chi connectivity index (χ1v) is 11.6. The third kappa shape index (κ3) is 8.10. The van der Waals surface area contributed by atoms with Crippen molar-refractivity contribution >= 4 is 18.0 Å². The highest BCUT2D eigenvalue weighted by Crippen LogP contribution is 2.21. The number of urea groups is 1. The second-order valence-corrected chi connectivity index (χ2v) is 10.1. The zero-order chi connectivity index (χ0) is 26.4. The van der Waals surface area contributed by atoms with Crippen molar-refractivity contribution in [3.8, 4) is 11.1 Å². The van der Waals surface area contributed by atoms with Crippen molar-refractivity contribution in [1.82, 2.24) is 10.2 Å². The fraction of sp³-hybridized carbons (Fsp3) is 0.444. The maximum Gasteiger partial charge on any atom is 0.357 e. The van der Waals surface area contributed by atoms with E-state index in [1.165, 1.54) is 0 Å². The van der Waals surface area contributed by atoms with E-state index in [1.807, 2.05) is 54.6 Å². The molecule has 0 aromatic heterocycles. The molecule has 2 atom stereocenters. The molecule has 0 radical (unpaired) electrons. The maximum atomic E-state index is 13.1. The smallest absolute Gasteiger partial charge is 0.357 e. The minimum absolute atomic E-state index is 0.0298. The normalized spacial score (nSPS) is 14.1. The summed E-state index contributed by atoms with van der Waals surface area (Å²) in [6.45, 7) is 9.74. The number of carbonyl (C=O) groups is 3. The van der Waals surface area contributed by atoms with Gasteiger partial charge in [-0.25, -0.2) is 14.4 Å². The van der Waals surface area contributed by atoms with Crippen molar-refractivity contribution in [2.75, 3.05) is 6.54 Å². The predicted octanol–water partition coefficient (Wildman–Crippen LogP) is 4.07. The number of amides is 2. The van der Waals surface area contributed by atoms with Crippen LogP contribution in [0.4, 0.5) is 4.79 Å². The molecular formula is C27H36N2O6. The van der Waals surface area contributed by atoms with Crippen LogP contribution in [0.1, 0.15) is 47.1 Å². The van der Waals surface area contributed by atoms with Crippen LogP contribution in [0.15, 0.2) is 54.6 Å². The van der Waals surface area contributed by atoms with Gasteiger partial charge in [-0.3, -0.25) is 4.90 Å². The summed E-state index contributed by atoms with van der Waals surface area (Å²) in [5, 5.41) is 22.5. The zero-order valence-corrected chi connectivity index (χ0v) is 21.2. The Balaban J connectivity index is 2.30. The van der Waals surface area contributed by atoms with Gasteiger partial charge in [0.25, 0.3) is 0 Å². The lowest BCUT2D eigenvalue weighted by molar-refractivity contribution is -0.173. The van der Waals surface area contributed by atoms with Crippen LogP contribution in [0.2, 0.25) is 0 Å². The van der Waals surface area contributed by atoms with Crippen molar-refractivity contribution in [2.45, 2.75) is 65.3 Å². The van der Waals surface area contributed by atoms with Crippen LogP contribution in [0.25, 0.3) is 11.1 Å². The molecule has 0 aliphatic rings. The molecule has 190 valence electrons. The van der Waals surface area contributed by atoms with Crippen LogP contribution in [0.3, 0.4) is 0 Å². The summed E-state index contributed by atoms with van der Waals surface area (Å²) >= 11 is 0. The minimum Gasteiger partial charge on any atom is -0.478 e. The summed E-state index contributed by atoms with van der Waals surface area (Å²) in [5.74, 6) is -2.35. The van der Waals surface area contributed by atoms with Crippen molar-refractivity contribution in [3.05, 3.63) is 60.2 Å². The molecule has 2 aromatic rings. The maximum absolute atomic E-state index is 13.1. The molecule has 0 aliphatic carbocycles. The number of carboxylic acids is 1. The van der Waals surface area contributed by atoms with E-state index in [0.29, 0.717) is 0 Å². The average molecular weight is 485 g/mol. The van der Waals surface area contributed by atoms with E-state index in [9.17, 15) is 24.6 Å². The lowest BCUT2D eigenvalue weighted by atomic mass is 10.0. The van der Waals surface area contributed by atoms with E-state index in [2.05, 4.69) is 5.32 Å². The highest BCUT2D eigenvalue weighted by molar-refractivity contribution is 5.88. The molecule has 2 aromatic carbocycles. The summed E-state index contributed by atoms with van der Waals surface area (Å²) < 4.78 is 5.51. The number of nitrogens with zero attached hydrogens (tertiary/aromatic N) is 1. The summed E-state index contributed by atoms with van der Waals surface area (Å²) in [7, 11) is 0. The third-order valence-electron chi connectivity index (χ3n) is 5.21. The molecule has 0 spiro atoms. The predicted molar refractivity (Wildman–Crippen MR) is 134 cm³/mol. The summed E-state index contributed by atoms with van der Waals surface area (Å²) in [6, 6.07) is 15.5. The number of hydrogen-bond donors (Lipinski definition) is 3. The molecule has 2 rings (SSSR count). The second kappa shape index (κ2) is 11.4. The van der Waals surface area contributed by atoms with Crippen LogP contribution in [-0.4, -0.2) is 57.0 Å². The number of rotatable bonds is 9. The Hall–Kier alpha value is -3.39. The molecular weight excluding hydrogens is 448 g/mol. The number of aliphatic carboxylic acids is 1. The number of carboxylic acid groups (broad SMARTS) is 1. The number of aliphatic hydroxyl groups is 1. The van der Waals surface area contributed by atoms with Crippen molar-refractivity contribution < 1.29 is 29.3 Å². The highest BCUT2D eigenvalue weighted by atomic mass is 16.6. The molecule has 0 heterocycles. The van der Waals surface area contributed by atoms with E-state index in [4.69, 9.17) is 4.74 Å². The first kappa shape index (κ1) is 27.9. The number of carbonyl (C=O) groups excluding carboxylic acids is 2. The Morgan fingerprint density at radius 1 is 0.943 bits per heavy atom. The summed E-state index contributed by atoms with van der Waals surface area (Å²) in [6.07, 6.45) is 0.125. The van der Waals surface area contributed by atoms with E-state index in [1.54, 1.807) is 34.6 Å². The van der Waals surface area contributed by atoms with Crippen LogP contribution < -0.4 is 5.32 Å². The molecule has 0 aliphatic heterocycles. The van der Waals surface area contributed by atoms with Gasteiger partial charge in [0.05, 0.1) is 0 Å². The monoisotopic (exact) mass is 484 g/mol. The Kier molecular flexibility index (Phi) is 9.04. The Morgan fingerprint density at radius 2 is 1.49 bits per heavy atom. The molecule has 35 heavy (non-hydrogen) atoms. The Labute approximate surface area is 206 Å². The molecule has 0 bridgehead atoms. The topological polar surface area (TPSA) is 116 Å². The second-order valence-electron chi connectivity index (χ2n) is 10.1. The number of ether oxygens (including phenoxy) is 1. The van der Waals surface area contributed by atoms with Crippen molar-refractivity contribution in [1.29, 1.82) is 0 Å². The number of esters is 1. The Morgan fingerprint density at radius 3 is 1.97 bits per heavy atom. The van der Waals surface area contributed by atoms with Gasteiger partial charge in [0.1, 0.15) is 11.6 Å². The van der Waals surface area contributed by atoms with E-state index >= 15 is 0 Å². The average Bonchev–Trinajstić information content (AvgIpc) is 2.76. The molecule has 0 fully saturated rings. The Bertz CT molecular complexity index is 1010. The fourth-order valence-electron chi connectivity index (χ4n) is 3.43. The lowest BCUT2D eigenvalue weighted by Crippen LogP contribution is -2.61. The molecule has 2 amide bonds. The van der Waals surface area contributed by atoms with Gasteiger partial charge in [0.15, 0.2) is 0 Å².